The maximum Gasteiger partial charge on any atom is 0.269 e. The van der Waals surface area contributed by atoms with Crippen molar-refractivity contribution in [2.24, 2.45) is 0 Å². The maximum atomic E-state index is 10.4. The lowest BCUT2D eigenvalue weighted by atomic mass is 10.2. The zero-order chi connectivity index (χ0) is 10.8. The van der Waals surface area contributed by atoms with E-state index in [1.165, 1.54) is 23.5 Å². The second-order valence-electron chi connectivity index (χ2n) is 2.78. The molecule has 0 aliphatic heterocycles. The molecule has 1 aromatic heterocycles. The molecule has 0 bridgehead atoms. The fourth-order valence-electron chi connectivity index (χ4n) is 1.13. The first-order valence-corrected chi connectivity index (χ1v) is 5.22. The molecule has 0 spiro atoms. The Hall–Kier alpha value is -1.46. The summed E-state index contributed by atoms with van der Waals surface area (Å²) in [6.07, 6.45) is 1.65. The Bertz CT molecular complexity index is 495. The molecule has 0 saturated heterocycles. The SMILES string of the molecule is O=[N+]([O-])c1ccc(-c2cnc(Cl)s2)cc1. The third kappa shape index (κ3) is 2.14. The number of non-ortho nitro benzene ring substituents is 1. The van der Waals surface area contributed by atoms with E-state index in [1.807, 2.05) is 0 Å². The van der Waals surface area contributed by atoms with Gasteiger partial charge in [0.15, 0.2) is 4.47 Å². The van der Waals surface area contributed by atoms with Crippen LogP contribution in [0.25, 0.3) is 10.4 Å². The van der Waals surface area contributed by atoms with Crippen LogP contribution in [-0.4, -0.2) is 9.91 Å². The van der Waals surface area contributed by atoms with E-state index in [-0.39, 0.29) is 5.69 Å². The van der Waals surface area contributed by atoms with E-state index in [1.54, 1.807) is 18.3 Å². The second kappa shape index (κ2) is 3.96. The molecule has 1 heterocycles. The summed E-state index contributed by atoms with van der Waals surface area (Å²) in [6, 6.07) is 6.29. The molecule has 0 fully saturated rings. The normalized spacial score (nSPS) is 10.2. The molecule has 76 valence electrons. The summed E-state index contributed by atoms with van der Waals surface area (Å²) in [5.41, 5.74) is 0.958. The average Bonchev–Trinajstić information content (AvgIpc) is 2.65. The van der Waals surface area contributed by atoms with Crippen LogP contribution in [0.15, 0.2) is 30.5 Å². The lowest BCUT2D eigenvalue weighted by molar-refractivity contribution is -0.384. The number of thiazole rings is 1. The Kier molecular flexibility index (Phi) is 2.66. The molecule has 4 nitrogen and oxygen atoms in total. The summed E-state index contributed by atoms with van der Waals surface area (Å²) in [7, 11) is 0. The molecule has 0 radical (unpaired) electrons. The summed E-state index contributed by atoms with van der Waals surface area (Å²) in [5.74, 6) is 0. The van der Waals surface area contributed by atoms with Crippen LogP contribution in [0.5, 0.6) is 0 Å². The van der Waals surface area contributed by atoms with E-state index < -0.39 is 4.92 Å². The van der Waals surface area contributed by atoms with Gasteiger partial charge in [-0.25, -0.2) is 4.98 Å². The number of hydrogen-bond donors (Lipinski definition) is 0. The number of nitro groups is 1. The Morgan fingerprint density at radius 1 is 1.33 bits per heavy atom. The van der Waals surface area contributed by atoms with Crippen LogP contribution in [0.4, 0.5) is 5.69 Å². The molecule has 0 unspecified atom stereocenters. The molecule has 0 N–H and O–H groups in total. The summed E-state index contributed by atoms with van der Waals surface area (Å²) in [4.78, 5) is 14.8. The fraction of sp³-hybridized carbons (Fsp3) is 0. The van der Waals surface area contributed by atoms with Crippen LogP contribution >= 0.6 is 22.9 Å². The van der Waals surface area contributed by atoms with E-state index in [4.69, 9.17) is 11.6 Å². The molecule has 0 saturated carbocycles. The van der Waals surface area contributed by atoms with Crippen LogP contribution in [-0.2, 0) is 0 Å². The Balaban J connectivity index is 2.35. The third-order valence-corrected chi connectivity index (χ3v) is 3.00. The predicted molar refractivity (Wildman–Crippen MR) is 59.2 cm³/mol. The summed E-state index contributed by atoms with van der Waals surface area (Å²) >= 11 is 7.03. The molecule has 0 aliphatic carbocycles. The van der Waals surface area contributed by atoms with Crippen molar-refractivity contribution in [2.45, 2.75) is 0 Å². The van der Waals surface area contributed by atoms with Gasteiger partial charge in [-0.05, 0) is 17.7 Å². The first kappa shape index (κ1) is 10.1. The van der Waals surface area contributed by atoms with Crippen molar-refractivity contribution in [3.8, 4) is 10.4 Å². The van der Waals surface area contributed by atoms with E-state index in [2.05, 4.69) is 4.98 Å². The van der Waals surface area contributed by atoms with Gasteiger partial charge in [-0.2, -0.15) is 0 Å². The third-order valence-electron chi connectivity index (χ3n) is 1.84. The minimum absolute atomic E-state index is 0.0781. The van der Waals surface area contributed by atoms with E-state index >= 15 is 0 Å². The Morgan fingerprint density at radius 3 is 2.47 bits per heavy atom. The molecule has 2 aromatic rings. The van der Waals surface area contributed by atoms with Crippen molar-refractivity contribution < 1.29 is 4.92 Å². The van der Waals surface area contributed by atoms with Crippen molar-refractivity contribution >= 4 is 28.6 Å². The van der Waals surface area contributed by atoms with Gasteiger partial charge in [0, 0.05) is 18.3 Å². The number of nitro benzene ring substituents is 1. The summed E-state index contributed by atoms with van der Waals surface area (Å²) < 4.78 is 0.461. The molecule has 1 aromatic carbocycles. The zero-order valence-corrected chi connectivity index (χ0v) is 8.96. The number of hydrogen-bond acceptors (Lipinski definition) is 4. The van der Waals surface area contributed by atoms with Crippen LogP contribution in [0, 0.1) is 10.1 Å². The van der Waals surface area contributed by atoms with Crippen LogP contribution < -0.4 is 0 Å². The van der Waals surface area contributed by atoms with Gasteiger partial charge in [-0.3, -0.25) is 10.1 Å². The fourth-order valence-corrected chi connectivity index (χ4v) is 2.08. The van der Waals surface area contributed by atoms with Crippen molar-refractivity contribution in [3.63, 3.8) is 0 Å². The molecule has 2 rings (SSSR count). The van der Waals surface area contributed by atoms with Crippen molar-refractivity contribution in [1.29, 1.82) is 0 Å². The highest BCUT2D eigenvalue weighted by Gasteiger charge is 2.06. The van der Waals surface area contributed by atoms with Gasteiger partial charge in [0.05, 0.1) is 9.80 Å². The van der Waals surface area contributed by atoms with Crippen LogP contribution in [0.2, 0.25) is 4.47 Å². The lowest BCUT2D eigenvalue weighted by Crippen LogP contribution is -1.86. The van der Waals surface area contributed by atoms with Gasteiger partial charge < -0.3 is 0 Å². The zero-order valence-electron chi connectivity index (χ0n) is 7.38. The van der Waals surface area contributed by atoms with E-state index in [0.29, 0.717) is 4.47 Å². The quantitative estimate of drug-likeness (QED) is 0.597. The Morgan fingerprint density at radius 2 is 2.00 bits per heavy atom. The predicted octanol–water partition coefficient (Wildman–Crippen LogP) is 3.37. The van der Waals surface area contributed by atoms with Gasteiger partial charge in [0.1, 0.15) is 0 Å². The van der Waals surface area contributed by atoms with E-state index in [0.717, 1.165) is 10.4 Å². The highest BCUT2D eigenvalue weighted by Crippen LogP contribution is 2.29. The van der Waals surface area contributed by atoms with Gasteiger partial charge in [0.25, 0.3) is 5.69 Å². The number of benzene rings is 1. The van der Waals surface area contributed by atoms with Crippen LogP contribution in [0.1, 0.15) is 0 Å². The highest BCUT2D eigenvalue weighted by atomic mass is 35.5. The first-order chi connectivity index (χ1) is 7.16. The number of nitrogens with zero attached hydrogens (tertiary/aromatic N) is 2. The monoisotopic (exact) mass is 240 g/mol. The summed E-state index contributed by atoms with van der Waals surface area (Å²) in [6.45, 7) is 0. The summed E-state index contributed by atoms with van der Waals surface area (Å²) in [5, 5.41) is 10.4. The van der Waals surface area contributed by atoms with Gasteiger partial charge in [-0.1, -0.05) is 11.6 Å². The minimum atomic E-state index is -0.427. The number of halogens is 1. The molecular formula is C9H5ClN2O2S. The standard InChI is InChI=1S/C9H5ClN2O2S/c10-9-11-5-8(15-9)6-1-3-7(4-2-6)12(13)14/h1-5H. The molecule has 0 amide bonds. The lowest BCUT2D eigenvalue weighted by Gasteiger charge is -1.95. The molecule has 15 heavy (non-hydrogen) atoms. The molecular weight excluding hydrogens is 236 g/mol. The van der Waals surface area contributed by atoms with Crippen molar-refractivity contribution in [3.05, 3.63) is 45.0 Å². The second-order valence-corrected chi connectivity index (χ2v) is 4.39. The molecule has 0 atom stereocenters. The van der Waals surface area contributed by atoms with Gasteiger partial charge in [-0.15, -0.1) is 11.3 Å². The molecule has 0 aliphatic rings. The number of aromatic nitrogens is 1. The van der Waals surface area contributed by atoms with Crippen molar-refractivity contribution in [2.75, 3.05) is 0 Å². The molecule has 6 heteroatoms. The van der Waals surface area contributed by atoms with Gasteiger partial charge in [0.2, 0.25) is 0 Å². The van der Waals surface area contributed by atoms with Crippen molar-refractivity contribution in [1.82, 2.24) is 4.98 Å². The maximum absolute atomic E-state index is 10.4. The van der Waals surface area contributed by atoms with Crippen LogP contribution in [0.3, 0.4) is 0 Å². The highest BCUT2D eigenvalue weighted by molar-refractivity contribution is 7.18. The topological polar surface area (TPSA) is 56.0 Å². The minimum Gasteiger partial charge on any atom is -0.258 e. The van der Waals surface area contributed by atoms with Gasteiger partial charge >= 0.3 is 0 Å². The Labute approximate surface area is 94.3 Å². The average molecular weight is 241 g/mol. The largest absolute Gasteiger partial charge is 0.269 e. The first-order valence-electron chi connectivity index (χ1n) is 4.03. The number of rotatable bonds is 2. The smallest absolute Gasteiger partial charge is 0.258 e. The van der Waals surface area contributed by atoms with E-state index in [9.17, 15) is 10.1 Å².